The highest BCUT2D eigenvalue weighted by molar-refractivity contribution is 6.43. The zero-order valence-electron chi connectivity index (χ0n) is 15.9. The molecule has 0 radical (unpaired) electrons. The van der Waals surface area contributed by atoms with Crippen molar-refractivity contribution < 1.29 is 4.74 Å². The molecule has 28 heavy (non-hydrogen) atoms. The molecule has 1 spiro atoms. The van der Waals surface area contributed by atoms with Crippen LogP contribution in [0.4, 0.5) is 11.6 Å². The van der Waals surface area contributed by atoms with E-state index in [9.17, 15) is 0 Å². The maximum atomic E-state index is 6.36. The Morgan fingerprint density at radius 1 is 1.25 bits per heavy atom. The van der Waals surface area contributed by atoms with Gasteiger partial charge in [0.1, 0.15) is 5.69 Å². The topological polar surface area (TPSA) is 90.3 Å². The minimum atomic E-state index is 0.273. The number of piperidine rings is 1. The molecule has 2 fully saturated rings. The molecule has 1 aromatic heterocycles. The number of rotatable bonds is 3. The lowest BCUT2D eigenvalue weighted by atomic mass is 9.77. The Morgan fingerprint density at radius 2 is 2.00 bits per heavy atom. The molecule has 2 aliphatic rings. The summed E-state index contributed by atoms with van der Waals surface area (Å²) >= 11 is 12.5. The van der Waals surface area contributed by atoms with Crippen molar-refractivity contribution in [3.05, 3.63) is 33.9 Å². The summed E-state index contributed by atoms with van der Waals surface area (Å²) in [4.78, 5) is 11.6. The molecule has 150 valence electrons. The molecule has 4 N–H and O–H groups in total. The SMILES string of the molecule is C[C@H]1CC2(CCN(c3nc(N)c(-c4cccc(Cl)c4Cl)nc3CN)CC2)CO1. The molecule has 4 rings (SSSR count). The third kappa shape index (κ3) is 3.54. The number of benzene rings is 1. The van der Waals surface area contributed by atoms with E-state index < -0.39 is 0 Å². The van der Waals surface area contributed by atoms with Crippen molar-refractivity contribution in [2.24, 2.45) is 11.1 Å². The summed E-state index contributed by atoms with van der Waals surface area (Å²) < 4.78 is 5.83. The van der Waals surface area contributed by atoms with Gasteiger partial charge in [0.05, 0.1) is 28.5 Å². The van der Waals surface area contributed by atoms with E-state index in [0.717, 1.165) is 44.8 Å². The summed E-state index contributed by atoms with van der Waals surface area (Å²) in [5.41, 5.74) is 14.5. The molecule has 8 heteroatoms. The first kappa shape index (κ1) is 19.7. The highest BCUT2D eigenvalue weighted by Crippen LogP contribution is 2.43. The lowest BCUT2D eigenvalue weighted by molar-refractivity contribution is 0.0975. The number of halogens is 2. The van der Waals surface area contributed by atoms with E-state index in [0.29, 0.717) is 44.3 Å². The van der Waals surface area contributed by atoms with Crippen LogP contribution in [0.1, 0.15) is 31.9 Å². The fraction of sp³-hybridized carbons (Fsp3) is 0.500. The first-order chi connectivity index (χ1) is 13.4. The number of hydrogen-bond acceptors (Lipinski definition) is 6. The Bertz CT molecular complexity index is 883. The quantitative estimate of drug-likeness (QED) is 0.780. The van der Waals surface area contributed by atoms with Gasteiger partial charge in [0, 0.05) is 25.2 Å². The molecule has 0 amide bonds. The van der Waals surface area contributed by atoms with Crippen LogP contribution in [0.2, 0.25) is 10.0 Å². The first-order valence-corrected chi connectivity index (χ1v) is 10.4. The van der Waals surface area contributed by atoms with E-state index in [1.54, 1.807) is 6.07 Å². The second kappa shape index (κ2) is 7.67. The van der Waals surface area contributed by atoms with E-state index in [4.69, 9.17) is 44.4 Å². The molecule has 0 saturated carbocycles. The summed E-state index contributed by atoms with van der Waals surface area (Å²) in [5, 5.41) is 0.865. The van der Waals surface area contributed by atoms with Gasteiger partial charge in [-0.25, -0.2) is 9.97 Å². The van der Waals surface area contributed by atoms with Gasteiger partial charge in [-0.2, -0.15) is 0 Å². The van der Waals surface area contributed by atoms with Gasteiger partial charge < -0.3 is 21.1 Å². The zero-order chi connectivity index (χ0) is 19.9. The molecule has 0 unspecified atom stereocenters. The van der Waals surface area contributed by atoms with Crippen molar-refractivity contribution in [1.29, 1.82) is 0 Å². The summed E-state index contributed by atoms with van der Waals surface area (Å²) in [6.45, 7) is 5.07. The third-order valence-electron chi connectivity index (χ3n) is 5.89. The molecular formula is C20H25Cl2N5O. The molecular weight excluding hydrogens is 397 g/mol. The number of ether oxygens (including phenoxy) is 1. The van der Waals surface area contributed by atoms with Crippen LogP contribution in [-0.4, -0.2) is 35.8 Å². The summed E-state index contributed by atoms with van der Waals surface area (Å²) in [7, 11) is 0. The van der Waals surface area contributed by atoms with Crippen LogP contribution in [-0.2, 0) is 11.3 Å². The molecule has 1 atom stereocenters. The number of nitrogens with zero attached hydrogens (tertiary/aromatic N) is 3. The van der Waals surface area contributed by atoms with Crippen LogP contribution in [0.15, 0.2) is 18.2 Å². The summed E-state index contributed by atoms with van der Waals surface area (Å²) in [6, 6.07) is 5.38. The summed E-state index contributed by atoms with van der Waals surface area (Å²) in [6.07, 6.45) is 3.63. The van der Waals surface area contributed by atoms with E-state index in [-0.39, 0.29) is 6.54 Å². The predicted octanol–water partition coefficient (Wildman–Crippen LogP) is 3.89. The average molecular weight is 422 g/mol. The fourth-order valence-electron chi connectivity index (χ4n) is 4.34. The Morgan fingerprint density at radius 3 is 2.64 bits per heavy atom. The highest BCUT2D eigenvalue weighted by atomic mass is 35.5. The smallest absolute Gasteiger partial charge is 0.154 e. The van der Waals surface area contributed by atoms with Crippen molar-refractivity contribution >= 4 is 34.8 Å². The number of anilines is 2. The monoisotopic (exact) mass is 421 g/mol. The van der Waals surface area contributed by atoms with Crippen molar-refractivity contribution in [2.75, 3.05) is 30.3 Å². The normalized spacial score (nSPS) is 21.4. The van der Waals surface area contributed by atoms with Gasteiger partial charge in [0.25, 0.3) is 0 Å². The number of nitrogens with two attached hydrogens (primary N) is 2. The lowest BCUT2D eigenvalue weighted by Crippen LogP contribution is -2.41. The first-order valence-electron chi connectivity index (χ1n) is 9.60. The van der Waals surface area contributed by atoms with Crippen LogP contribution in [0.25, 0.3) is 11.3 Å². The van der Waals surface area contributed by atoms with Crippen LogP contribution in [0.3, 0.4) is 0 Å². The highest BCUT2D eigenvalue weighted by Gasteiger charge is 2.41. The predicted molar refractivity (Wildman–Crippen MR) is 114 cm³/mol. The van der Waals surface area contributed by atoms with Crippen molar-refractivity contribution in [3.8, 4) is 11.3 Å². The van der Waals surface area contributed by atoms with Crippen LogP contribution in [0, 0.1) is 5.41 Å². The van der Waals surface area contributed by atoms with Crippen LogP contribution < -0.4 is 16.4 Å². The van der Waals surface area contributed by atoms with E-state index in [1.807, 2.05) is 12.1 Å². The van der Waals surface area contributed by atoms with Gasteiger partial charge in [-0.15, -0.1) is 0 Å². The standard InChI is InChI=1S/C20H25Cl2N5O/c1-12-9-20(11-28-12)5-7-27(8-6-20)19-15(10-23)25-17(18(24)26-19)13-3-2-4-14(21)16(13)22/h2-4,12H,5-11,23H2,1H3,(H2,24,26)/t12-/m0/s1. The zero-order valence-corrected chi connectivity index (χ0v) is 17.4. The number of hydrogen-bond donors (Lipinski definition) is 2. The average Bonchev–Trinajstić information content (AvgIpc) is 3.05. The molecule has 1 aromatic carbocycles. The second-order valence-corrected chi connectivity index (χ2v) is 8.63. The largest absolute Gasteiger partial charge is 0.382 e. The second-order valence-electron chi connectivity index (χ2n) is 7.85. The molecule has 3 heterocycles. The fourth-order valence-corrected chi connectivity index (χ4v) is 4.73. The molecule has 0 bridgehead atoms. The van der Waals surface area contributed by atoms with Gasteiger partial charge in [-0.1, -0.05) is 35.3 Å². The van der Waals surface area contributed by atoms with Crippen molar-refractivity contribution in [2.45, 2.75) is 38.8 Å². The van der Waals surface area contributed by atoms with E-state index >= 15 is 0 Å². The minimum Gasteiger partial charge on any atom is -0.382 e. The lowest BCUT2D eigenvalue weighted by Gasteiger charge is -2.39. The Hall–Kier alpha value is -1.60. The number of aromatic nitrogens is 2. The Kier molecular flexibility index (Phi) is 5.40. The van der Waals surface area contributed by atoms with Gasteiger partial charge in [-0.05, 0) is 37.7 Å². The van der Waals surface area contributed by atoms with Gasteiger partial charge in [0.15, 0.2) is 11.6 Å². The molecule has 2 aromatic rings. The van der Waals surface area contributed by atoms with E-state index in [2.05, 4.69) is 16.8 Å². The molecule has 6 nitrogen and oxygen atoms in total. The number of nitrogen functional groups attached to an aromatic ring is 1. The maximum Gasteiger partial charge on any atom is 0.154 e. The molecule has 2 saturated heterocycles. The van der Waals surface area contributed by atoms with Gasteiger partial charge in [0.2, 0.25) is 0 Å². The molecule has 2 aliphatic heterocycles. The van der Waals surface area contributed by atoms with Crippen LogP contribution in [0.5, 0.6) is 0 Å². The third-order valence-corrected chi connectivity index (χ3v) is 6.71. The van der Waals surface area contributed by atoms with E-state index in [1.165, 1.54) is 0 Å². The van der Waals surface area contributed by atoms with Crippen molar-refractivity contribution in [1.82, 2.24) is 9.97 Å². The van der Waals surface area contributed by atoms with Gasteiger partial charge >= 0.3 is 0 Å². The van der Waals surface area contributed by atoms with Crippen molar-refractivity contribution in [3.63, 3.8) is 0 Å². The summed E-state index contributed by atoms with van der Waals surface area (Å²) in [5.74, 6) is 1.10. The van der Waals surface area contributed by atoms with Crippen LogP contribution >= 0.6 is 23.2 Å². The Balaban J connectivity index is 1.62. The van der Waals surface area contributed by atoms with Gasteiger partial charge in [-0.3, -0.25) is 0 Å². The maximum absolute atomic E-state index is 6.36. The molecule has 0 aliphatic carbocycles. The minimum absolute atomic E-state index is 0.273. The Labute approximate surface area is 175 Å².